The number of aromatic nitrogens is 3. The highest BCUT2D eigenvalue weighted by Crippen LogP contribution is 2.32. The Hall–Kier alpha value is -1.76. The van der Waals surface area contributed by atoms with Crippen LogP contribution in [0.25, 0.3) is 0 Å². The molecule has 0 aromatic carbocycles. The summed E-state index contributed by atoms with van der Waals surface area (Å²) in [5.41, 5.74) is -0.150. The first kappa shape index (κ1) is 12.7. The largest absolute Gasteiger partial charge is 0.418 e. The Morgan fingerprint density at radius 1 is 1.28 bits per heavy atom. The molecule has 0 aliphatic carbocycles. The van der Waals surface area contributed by atoms with E-state index in [2.05, 4.69) is 5.10 Å². The molecule has 1 atom stereocenters. The number of halogens is 3. The number of hydrogen-bond acceptors (Lipinski definition) is 2. The van der Waals surface area contributed by atoms with E-state index >= 15 is 0 Å². The third-order valence-electron chi connectivity index (χ3n) is 2.55. The Balaban J connectivity index is 1.98. The van der Waals surface area contributed by atoms with Gasteiger partial charge in [-0.25, -0.2) is 0 Å². The highest BCUT2D eigenvalue weighted by atomic mass is 19.4. The summed E-state index contributed by atoms with van der Waals surface area (Å²) >= 11 is 0. The lowest BCUT2D eigenvalue weighted by molar-refractivity contribution is -0.206. The third kappa shape index (κ3) is 2.92. The van der Waals surface area contributed by atoms with Crippen molar-refractivity contribution in [1.82, 2.24) is 14.3 Å². The minimum atomic E-state index is -4.63. The summed E-state index contributed by atoms with van der Waals surface area (Å²) in [6, 6.07) is 3.04. The van der Waals surface area contributed by atoms with Gasteiger partial charge >= 0.3 is 6.18 Å². The van der Waals surface area contributed by atoms with E-state index in [1.165, 1.54) is 18.5 Å². The van der Waals surface area contributed by atoms with Gasteiger partial charge in [-0.1, -0.05) is 0 Å². The number of alkyl halides is 3. The van der Waals surface area contributed by atoms with Gasteiger partial charge in [0.05, 0.1) is 6.54 Å². The monoisotopic (exact) mass is 259 g/mol. The molecule has 0 radical (unpaired) electrons. The van der Waals surface area contributed by atoms with Gasteiger partial charge in [0.15, 0.2) is 6.10 Å². The summed E-state index contributed by atoms with van der Waals surface area (Å²) in [5, 5.41) is 13.1. The van der Waals surface area contributed by atoms with E-state index in [1.54, 1.807) is 27.7 Å². The maximum absolute atomic E-state index is 12.3. The van der Waals surface area contributed by atoms with E-state index in [0.29, 0.717) is 13.1 Å². The van der Waals surface area contributed by atoms with E-state index < -0.39 is 12.3 Å². The number of rotatable bonds is 4. The van der Waals surface area contributed by atoms with Gasteiger partial charge in [-0.3, -0.25) is 4.68 Å². The van der Waals surface area contributed by atoms with Crippen LogP contribution in [0.3, 0.4) is 0 Å². The number of aliphatic hydroxyl groups excluding tert-OH is 1. The van der Waals surface area contributed by atoms with Crippen molar-refractivity contribution >= 4 is 0 Å². The standard InChI is InChI=1S/C11H12F3N3O/c12-11(13,14)10(18)9-2-5-16(8-9)6-7-17-4-1-3-15-17/h1-5,8,10,18H,6-7H2. The Bertz CT molecular complexity index is 490. The predicted octanol–water partition coefficient (Wildman–Crippen LogP) is 1.98. The van der Waals surface area contributed by atoms with Gasteiger partial charge in [0.1, 0.15) is 0 Å². The molecule has 18 heavy (non-hydrogen) atoms. The molecule has 1 unspecified atom stereocenters. The van der Waals surface area contributed by atoms with Crippen molar-refractivity contribution in [2.45, 2.75) is 25.4 Å². The fraction of sp³-hybridized carbons (Fsp3) is 0.364. The van der Waals surface area contributed by atoms with Crippen molar-refractivity contribution in [2.24, 2.45) is 0 Å². The van der Waals surface area contributed by atoms with Crippen molar-refractivity contribution in [2.75, 3.05) is 0 Å². The highest BCUT2D eigenvalue weighted by molar-refractivity contribution is 5.15. The highest BCUT2D eigenvalue weighted by Gasteiger charge is 2.39. The minimum absolute atomic E-state index is 0.150. The molecule has 0 amide bonds. The first-order valence-electron chi connectivity index (χ1n) is 5.35. The van der Waals surface area contributed by atoms with Crippen molar-refractivity contribution in [3.8, 4) is 0 Å². The Kier molecular flexibility index (Phi) is 3.42. The van der Waals surface area contributed by atoms with Crippen LogP contribution in [0.4, 0.5) is 13.2 Å². The summed E-state index contributed by atoms with van der Waals surface area (Å²) in [4.78, 5) is 0. The molecule has 0 saturated carbocycles. The predicted molar refractivity (Wildman–Crippen MR) is 57.7 cm³/mol. The molecule has 0 spiro atoms. The Labute approximate surface area is 101 Å². The molecule has 0 saturated heterocycles. The van der Waals surface area contributed by atoms with Crippen molar-refractivity contribution in [1.29, 1.82) is 0 Å². The molecule has 0 fully saturated rings. The second-order valence-corrected chi connectivity index (χ2v) is 3.90. The smallest absolute Gasteiger partial charge is 0.379 e. The molecular formula is C11H12F3N3O. The van der Waals surface area contributed by atoms with E-state index in [9.17, 15) is 13.2 Å². The summed E-state index contributed by atoms with van der Waals surface area (Å²) < 4.78 is 40.1. The van der Waals surface area contributed by atoms with Crippen LogP contribution in [0, 0.1) is 0 Å². The number of nitrogens with zero attached hydrogens (tertiary/aromatic N) is 3. The second kappa shape index (κ2) is 4.85. The van der Waals surface area contributed by atoms with Gasteiger partial charge in [-0.05, 0) is 12.1 Å². The van der Waals surface area contributed by atoms with Gasteiger partial charge in [0, 0.05) is 36.9 Å². The number of aliphatic hydroxyl groups is 1. The average molecular weight is 259 g/mol. The van der Waals surface area contributed by atoms with E-state index in [0.717, 1.165) is 0 Å². The normalized spacial score (nSPS) is 13.8. The van der Waals surface area contributed by atoms with Crippen LogP contribution >= 0.6 is 0 Å². The molecular weight excluding hydrogens is 247 g/mol. The minimum Gasteiger partial charge on any atom is -0.379 e. The molecule has 0 aliphatic heterocycles. The SMILES string of the molecule is OC(c1ccn(CCn2cccn2)c1)C(F)(F)F. The molecule has 2 aromatic heterocycles. The molecule has 1 N–H and O–H groups in total. The van der Waals surface area contributed by atoms with Crippen molar-refractivity contribution in [3.05, 3.63) is 42.5 Å². The van der Waals surface area contributed by atoms with E-state index in [4.69, 9.17) is 5.11 Å². The van der Waals surface area contributed by atoms with Crippen molar-refractivity contribution < 1.29 is 18.3 Å². The lowest BCUT2D eigenvalue weighted by Gasteiger charge is -2.12. The number of hydrogen-bond donors (Lipinski definition) is 1. The van der Waals surface area contributed by atoms with E-state index in [1.807, 2.05) is 0 Å². The lowest BCUT2D eigenvalue weighted by atomic mass is 10.2. The quantitative estimate of drug-likeness (QED) is 0.912. The molecule has 2 heterocycles. The lowest BCUT2D eigenvalue weighted by Crippen LogP contribution is -2.19. The second-order valence-electron chi connectivity index (χ2n) is 3.90. The van der Waals surface area contributed by atoms with Crippen molar-refractivity contribution in [3.63, 3.8) is 0 Å². The molecule has 98 valence electrons. The zero-order valence-corrected chi connectivity index (χ0v) is 9.38. The Morgan fingerprint density at radius 2 is 2.06 bits per heavy atom. The van der Waals surface area contributed by atoms with Crippen LogP contribution in [-0.4, -0.2) is 25.6 Å². The molecule has 2 rings (SSSR count). The number of aryl methyl sites for hydroxylation is 2. The zero-order chi connectivity index (χ0) is 13.2. The van der Waals surface area contributed by atoms with Crippen LogP contribution in [0.2, 0.25) is 0 Å². The van der Waals surface area contributed by atoms with Gasteiger partial charge < -0.3 is 9.67 Å². The fourth-order valence-electron chi connectivity index (χ4n) is 1.60. The van der Waals surface area contributed by atoms with Crippen LogP contribution in [-0.2, 0) is 13.1 Å². The van der Waals surface area contributed by atoms with Crippen LogP contribution in [0.5, 0.6) is 0 Å². The van der Waals surface area contributed by atoms with Gasteiger partial charge in [0.25, 0.3) is 0 Å². The van der Waals surface area contributed by atoms with Gasteiger partial charge in [0.2, 0.25) is 0 Å². The fourth-order valence-corrected chi connectivity index (χ4v) is 1.60. The third-order valence-corrected chi connectivity index (χ3v) is 2.55. The molecule has 2 aromatic rings. The summed E-state index contributed by atoms with van der Waals surface area (Å²) in [6.45, 7) is 1.05. The maximum atomic E-state index is 12.3. The van der Waals surface area contributed by atoms with Crippen LogP contribution < -0.4 is 0 Å². The molecule has 7 heteroatoms. The van der Waals surface area contributed by atoms with E-state index in [-0.39, 0.29) is 5.56 Å². The summed E-state index contributed by atoms with van der Waals surface area (Å²) in [5.74, 6) is 0. The molecule has 0 bridgehead atoms. The molecule has 4 nitrogen and oxygen atoms in total. The summed E-state index contributed by atoms with van der Waals surface area (Å²) in [6.07, 6.45) is -0.851. The maximum Gasteiger partial charge on any atom is 0.418 e. The van der Waals surface area contributed by atoms with Crippen LogP contribution in [0.15, 0.2) is 36.9 Å². The zero-order valence-electron chi connectivity index (χ0n) is 9.38. The van der Waals surface area contributed by atoms with Crippen LogP contribution in [0.1, 0.15) is 11.7 Å². The van der Waals surface area contributed by atoms with Gasteiger partial charge in [-0.15, -0.1) is 0 Å². The van der Waals surface area contributed by atoms with Gasteiger partial charge in [-0.2, -0.15) is 18.3 Å². The topological polar surface area (TPSA) is 43.0 Å². The Morgan fingerprint density at radius 3 is 2.67 bits per heavy atom. The first-order chi connectivity index (χ1) is 8.47. The summed E-state index contributed by atoms with van der Waals surface area (Å²) in [7, 11) is 0. The molecule has 0 aliphatic rings. The first-order valence-corrected chi connectivity index (χ1v) is 5.35. The average Bonchev–Trinajstić information content (AvgIpc) is 2.95.